The van der Waals surface area contributed by atoms with Crippen LogP contribution in [0.1, 0.15) is 16.4 Å². The summed E-state index contributed by atoms with van der Waals surface area (Å²) in [4.78, 5) is 10.2. The molecule has 5 nitrogen and oxygen atoms in total. The summed E-state index contributed by atoms with van der Waals surface area (Å²) in [5.74, 6) is -0.0790. The van der Waals surface area contributed by atoms with E-state index in [-0.39, 0.29) is 56.6 Å². The number of fused-ring (bicyclic) bond motifs is 9. The van der Waals surface area contributed by atoms with Crippen LogP contribution in [-0.4, -0.2) is 23.7 Å². The molecule has 51 heavy (non-hydrogen) atoms. The van der Waals surface area contributed by atoms with Gasteiger partial charge in [-0.05, 0) is 42.4 Å². The highest BCUT2D eigenvalue weighted by atomic mass is 15.2. The van der Waals surface area contributed by atoms with Crippen molar-refractivity contribution in [2.75, 3.05) is 0 Å². The number of aromatic nitrogens is 5. The molecule has 4 heterocycles. The van der Waals surface area contributed by atoms with E-state index in [2.05, 4.69) is 0 Å². The molecule has 11 aromatic rings. The van der Waals surface area contributed by atoms with Crippen molar-refractivity contribution in [2.45, 2.75) is 0 Å². The molecule has 238 valence electrons. The summed E-state index contributed by atoms with van der Waals surface area (Å²) in [6.45, 7) is 0. The van der Waals surface area contributed by atoms with E-state index in [1.807, 2.05) is 97.1 Å². The number of benzene rings is 7. The van der Waals surface area contributed by atoms with Crippen molar-refractivity contribution in [3.63, 3.8) is 0 Å². The van der Waals surface area contributed by atoms with Crippen LogP contribution in [0.4, 0.5) is 0 Å². The van der Waals surface area contributed by atoms with Gasteiger partial charge in [-0.3, -0.25) is 9.13 Å². The third-order valence-electron chi connectivity index (χ3n) is 9.47. The SMILES string of the molecule is [2H]c1c([2H])c([2H])c(-n2c3ccccc3c3ccccc32)c(-c2cc(-n3c4c([2H])c([2H])c([2H])c([2H])c4c4c([2H])c([2H])c([2H])c([2H])c43)nc(-n3c4ccccc4c4ccccc43)n2)c1[2H]. The molecule has 0 aliphatic heterocycles. The van der Waals surface area contributed by atoms with Gasteiger partial charge < -0.3 is 4.57 Å². The van der Waals surface area contributed by atoms with Gasteiger partial charge in [-0.1, -0.05) is 127 Å². The third kappa shape index (κ3) is 4.03. The fourth-order valence-electron chi connectivity index (χ4n) is 7.37. The predicted molar refractivity (Wildman–Crippen MR) is 210 cm³/mol. The molecule has 0 unspecified atom stereocenters. The summed E-state index contributed by atoms with van der Waals surface area (Å²) in [5.41, 5.74) is 2.43. The van der Waals surface area contributed by atoms with Crippen molar-refractivity contribution in [1.29, 1.82) is 0 Å². The van der Waals surface area contributed by atoms with Crippen LogP contribution in [0.2, 0.25) is 0 Å². The molecular weight excluding hydrogens is 623 g/mol. The Labute approximate surface area is 309 Å². The standard InChI is InChI=1S/C46H29N5/c1-8-22-38-30(15-1)31-16-2-9-23-39(31)49(38)44-28-14-7-21-36(44)37-29-45(50-40-24-10-3-17-32(40)33-18-4-11-25-41(33)50)48-46(47-37)51-42-26-12-5-19-34(42)35-20-6-13-27-43(35)51/h1-29H/i3D,4D,7D,10D,11D,14D,17D,18D,21D,24D,25D,28D. The first kappa shape index (κ1) is 18.7. The molecule has 0 saturated carbocycles. The molecule has 0 amide bonds. The molecule has 5 heteroatoms. The van der Waals surface area contributed by atoms with Crippen LogP contribution in [0, 0.1) is 0 Å². The third-order valence-corrected chi connectivity index (χ3v) is 9.47. The maximum atomic E-state index is 9.59. The fraction of sp³-hybridized carbons (Fsp3) is 0. The summed E-state index contributed by atoms with van der Waals surface area (Å²) in [6.07, 6.45) is 0. The van der Waals surface area contributed by atoms with Gasteiger partial charge in [-0.2, -0.15) is 4.98 Å². The van der Waals surface area contributed by atoms with Crippen molar-refractivity contribution in [3.05, 3.63) is 176 Å². The fourth-order valence-corrected chi connectivity index (χ4v) is 7.37. The monoisotopic (exact) mass is 663 g/mol. The van der Waals surface area contributed by atoms with E-state index in [1.165, 1.54) is 10.6 Å². The minimum absolute atomic E-state index is 0.00241. The smallest absolute Gasteiger partial charge is 0.237 e. The van der Waals surface area contributed by atoms with Crippen molar-refractivity contribution < 1.29 is 16.4 Å². The second kappa shape index (κ2) is 10.8. The number of hydrogen-bond donors (Lipinski definition) is 0. The maximum Gasteiger partial charge on any atom is 0.237 e. The highest BCUT2D eigenvalue weighted by Gasteiger charge is 2.21. The van der Waals surface area contributed by atoms with Gasteiger partial charge in [0.05, 0.1) is 60.9 Å². The molecule has 0 fully saturated rings. The largest absolute Gasteiger partial charge is 0.309 e. The van der Waals surface area contributed by atoms with Gasteiger partial charge >= 0.3 is 0 Å². The van der Waals surface area contributed by atoms with E-state index in [4.69, 9.17) is 20.9 Å². The Morgan fingerprint density at radius 1 is 0.392 bits per heavy atom. The van der Waals surface area contributed by atoms with Gasteiger partial charge in [-0.15, -0.1) is 0 Å². The molecule has 7 aromatic carbocycles. The van der Waals surface area contributed by atoms with Crippen LogP contribution >= 0.6 is 0 Å². The molecule has 0 spiro atoms. The van der Waals surface area contributed by atoms with Crippen LogP contribution in [0.15, 0.2) is 176 Å². The Kier molecular flexibility index (Phi) is 3.94. The van der Waals surface area contributed by atoms with Gasteiger partial charge in [0.15, 0.2) is 0 Å². The topological polar surface area (TPSA) is 40.6 Å². The minimum Gasteiger partial charge on any atom is -0.309 e. The first-order valence-electron chi connectivity index (χ1n) is 22.3. The van der Waals surface area contributed by atoms with E-state index in [1.54, 1.807) is 9.13 Å². The van der Waals surface area contributed by atoms with Crippen molar-refractivity contribution >= 4 is 65.4 Å². The van der Waals surface area contributed by atoms with Gasteiger partial charge in [-0.25, -0.2) is 4.98 Å². The normalized spacial score (nSPS) is 15.2. The molecule has 0 atom stereocenters. The van der Waals surface area contributed by atoms with E-state index >= 15 is 0 Å². The summed E-state index contributed by atoms with van der Waals surface area (Å²) in [7, 11) is 0. The average molecular weight is 664 g/mol. The van der Waals surface area contributed by atoms with Crippen LogP contribution in [0.25, 0.3) is 94.1 Å². The number of rotatable bonds is 4. The Bertz CT molecular complexity index is 3670. The van der Waals surface area contributed by atoms with Gasteiger partial charge in [0.1, 0.15) is 5.82 Å². The average Bonchev–Trinajstić information content (AvgIpc) is 3.96. The molecule has 0 radical (unpaired) electrons. The number of para-hydroxylation sites is 7. The van der Waals surface area contributed by atoms with E-state index in [0.29, 0.717) is 22.1 Å². The maximum absolute atomic E-state index is 9.59. The molecule has 11 rings (SSSR count). The lowest BCUT2D eigenvalue weighted by molar-refractivity contribution is 0.951. The second-order valence-electron chi connectivity index (χ2n) is 12.2. The first-order valence-corrected chi connectivity index (χ1v) is 16.3. The quantitative estimate of drug-likeness (QED) is 0.188. The Hall–Kier alpha value is -6.98. The highest BCUT2D eigenvalue weighted by molar-refractivity contribution is 6.11. The predicted octanol–water partition coefficient (Wildman–Crippen LogP) is 11.4. The lowest BCUT2D eigenvalue weighted by atomic mass is 10.1. The summed E-state index contributed by atoms with van der Waals surface area (Å²) in [5, 5.41) is 3.11. The lowest BCUT2D eigenvalue weighted by Gasteiger charge is -2.16. The summed E-state index contributed by atoms with van der Waals surface area (Å²) < 4.78 is 113. The summed E-state index contributed by atoms with van der Waals surface area (Å²) >= 11 is 0. The minimum atomic E-state index is -0.602. The van der Waals surface area contributed by atoms with Gasteiger partial charge in [0.2, 0.25) is 5.95 Å². The summed E-state index contributed by atoms with van der Waals surface area (Å²) in [6, 6.07) is 25.5. The molecule has 4 aromatic heterocycles. The Balaban J connectivity index is 1.38. The van der Waals surface area contributed by atoms with Crippen molar-refractivity contribution in [1.82, 2.24) is 23.7 Å². The molecule has 0 aliphatic rings. The molecule has 0 saturated heterocycles. The van der Waals surface area contributed by atoms with Crippen molar-refractivity contribution in [3.8, 4) is 28.7 Å². The molecule has 0 bridgehead atoms. The first-order chi connectivity index (χ1) is 30.3. The Morgan fingerprint density at radius 2 is 0.843 bits per heavy atom. The zero-order chi connectivity index (χ0) is 43.9. The van der Waals surface area contributed by atoms with E-state index < -0.39 is 66.5 Å². The van der Waals surface area contributed by atoms with Crippen LogP contribution in [0.3, 0.4) is 0 Å². The zero-order valence-electron chi connectivity index (χ0n) is 38.6. The molecule has 0 N–H and O–H groups in total. The lowest BCUT2D eigenvalue weighted by Crippen LogP contribution is -2.08. The zero-order valence-corrected chi connectivity index (χ0v) is 26.6. The molecule has 0 aliphatic carbocycles. The number of hydrogen-bond acceptors (Lipinski definition) is 2. The number of nitrogens with zero attached hydrogens (tertiary/aromatic N) is 5. The van der Waals surface area contributed by atoms with Crippen molar-refractivity contribution in [2.24, 2.45) is 0 Å². The molecular formula is C46H29N5. The van der Waals surface area contributed by atoms with Gasteiger partial charge in [0, 0.05) is 43.9 Å². The van der Waals surface area contributed by atoms with Gasteiger partial charge in [0.25, 0.3) is 0 Å². The van der Waals surface area contributed by atoms with Crippen LogP contribution in [0.5, 0.6) is 0 Å². The van der Waals surface area contributed by atoms with E-state index in [0.717, 1.165) is 21.5 Å². The second-order valence-corrected chi connectivity index (χ2v) is 12.2. The van der Waals surface area contributed by atoms with Crippen LogP contribution in [-0.2, 0) is 0 Å². The van der Waals surface area contributed by atoms with E-state index in [9.17, 15) is 5.48 Å². The highest BCUT2D eigenvalue weighted by Crippen LogP contribution is 2.38. The van der Waals surface area contributed by atoms with Crippen LogP contribution < -0.4 is 0 Å². The Morgan fingerprint density at radius 3 is 1.39 bits per heavy atom.